The minimum atomic E-state index is -0.456. The Hall–Kier alpha value is -1.06. The summed E-state index contributed by atoms with van der Waals surface area (Å²) in [6.45, 7) is 6.72. The van der Waals surface area contributed by atoms with Crippen molar-refractivity contribution >= 4 is 18.2 Å². The van der Waals surface area contributed by atoms with Gasteiger partial charge >= 0.3 is 0 Å². The SMILES string of the molecule is CC(C)CCOc1ccc(C(=O)C(C)N)cc1.Cl. The number of nitrogens with two attached hydrogens (primary N) is 1. The molecule has 0 aromatic heterocycles. The van der Waals surface area contributed by atoms with Gasteiger partial charge in [-0.15, -0.1) is 12.4 Å². The van der Waals surface area contributed by atoms with Crippen molar-refractivity contribution < 1.29 is 9.53 Å². The van der Waals surface area contributed by atoms with Crippen LogP contribution in [0.1, 0.15) is 37.6 Å². The topological polar surface area (TPSA) is 52.3 Å². The first-order valence-corrected chi connectivity index (χ1v) is 6.03. The number of hydrogen-bond acceptors (Lipinski definition) is 3. The summed E-state index contributed by atoms with van der Waals surface area (Å²) < 4.78 is 5.57. The molecule has 2 N–H and O–H groups in total. The Balaban J connectivity index is 0.00000289. The molecule has 4 heteroatoms. The van der Waals surface area contributed by atoms with Gasteiger partial charge in [-0.05, 0) is 43.5 Å². The maximum absolute atomic E-state index is 11.6. The molecule has 1 aromatic carbocycles. The van der Waals surface area contributed by atoms with Crippen LogP contribution in [0, 0.1) is 5.92 Å². The van der Waals surface area contributed by atoms with Crippen LogP contribution >= 0.6 is 12.4 Å². The van der Waals surface area contributed by atoms with Crippen LogP contribution < -0.4 is 10.5 Å². The molecule has 18 heavy (non-hydrogen) atoms. The van der Waals surface area contributed by atoms with Gasteiger partial charge in [0, 0.05) is 5.56 Å². The molecule has 0 bridgehead atoms. The fourth-order valence-electron chi connectivity index (χ4n) is 1.39. The Kier molecular flexibility index (Phi) is 7.64. The van der Waals surface area contributed by atoms with Gasteiger partial charge in [0.15, 0.2) is 5.78 Å². The number of hydrogen-bond donors (Lipinski definition) is 1. The average Bonchev–Trinajstić information content (AvgIpc) is 2.28. The minimum Gasteiger partial charge on any atom is -0.494 e. The van der Waals surface area contributed by atoms with Crippen molar-refractivity contribution in [2.45, 2.75) is 33.2 Å². The molecule has 1 unspecified atom stereocenters. The highest BCUT2D eigenvalue weighted by Crippen LogP contribution is 2.14. The summed E-state index contributed by atoms with van der Waals surface area (Å²) in [7, 11) is 0. The fourth-order valence-corrected chi connectivity index (χ4v) is 1.39. The Morgan fingerprint density at radius 2 is 1.78 bits per heavy atom. The first kappa shape index (κ1) is 16.9. The van der Waals surface area contributed by atoms with E-state index in [-0.39, 0.29) is 18.2 Å². The molecule has 1 rings (SSSR count). The van der Waals surface area contributed by atoms with E-state index >= 15 is 0 Å². The van der Waals surface area contributed by atoms with E-state index in [2.05, 4.69) is 13.8 Å². The van der Waals surface area contributed by atoms with Crippen LogP contribution in [-0.2, 0) is 0 Å². The zero-order valence-corrected chi connectivity index (χ0v) is 12.0. The lowest BCUT2D eigenvalue weighted by molar-refractivity contribution is 0.0968. The van der Waals surface area contributed by atoms with Gasteiger partial charge in [-0.1, -0.05) is 13.8 Å². The predicted octanol–water partition coefficient (Wildman–Crippen LogP) is 3.06. The molecule has 0 radical (unpaired) electrons. The molecule has 0 aliphatic heterocycles. The van der Waals surface area contributed by atoms with Crippen LogP contribution in [-0.4, -0.2) is 18.4 Å². The molecule has 0 amide bonds. The fraction of sp³-hybridized carbons (Fsp3) is 0.500. The molecule has 102 valence electrons. The zero-order chi connectivity index (χ0) is 12.8. The van der Waals surface area contributed by atoms with E-state index < -0.39 is 6.04 Å². The molecule has 0 saturated carbocycles. The smallest absolute Gasteiger partial charge is 0.179 e. The van der Waals surface area contributed by atoms with Gasteiger partial charge in [0.25, 0.3) is 0 Å². The lowest BCUT2D eigenvalue weighted by Gasteiger charge is -2.09. The third kappa shape index (κ3) is 5.52. The van der Waals surface area contributed by atoms with E-state index in [1.54, 1.807) is 19.1 Å². The molecule has 3 nitrogen and oxygen atoms in total. The van der Waals surface area contributed by atoms with E-state index in [1.807, 2.05) is 12.1 Å². The quantitative estimate of drug-likeness (QED) is 0.809. The second kappa shape index (κ2) is 8.11. The highest BCUT2D eigenvalue weighted by atomic mass is 35.5. The van der Waals surface area contributed by atoms with Crippen molar-refractivity contribution in [1.82, 2.24) is 0 Å². The maximum atomic E-state index is 11.6. The highest BCUT2D eigenvalue weighted by molar-refractivity contribution is 5.99. The maximum Gasteiger partial charge on any atom is 0.179 e. The van der Waals surface area contributed by atoms with Crippen molar-refractivity contribution in [3.05, 3.63) is 29.8 Å². The number of benzene rings is 1. The largest absolute Gasteiger partial charge is 0.494 e. The standard InChI is InChI=1S/C14H21NO2.ClH/c1-10(2)8-9-17-13-6-4-12(5-7-13)14(16)11(3)15;/h4-7,10-11H,8-9,15H2,1-3H3;1H. The van der Waals surface area contributed by atoms with Gasteiger partial charge in [-0.25, -0.2) is 0 Å². The summed E-state index contributed by atoms with van der Waals surface area (Å²) in [5.74, 6) is 1.39. The second-order valence-electron chi connectivity index (χ2n) is 4.71. The summed E-state index contributed by atoms with van der Waals surface area (Å²) in [5, 5.41) is 0. The molecule has 0 saturated heterocycles. The van der Waals surface area contributed by atoms with Crippen molar-refractivity contribution in [3.8, 4) is 5.75 Å². The number of halogens is 1. The van der Waals surface area contributed by atoms with Crippen LogP contribution in [0.3, 0.4) is 0 Å². The zero-order valence-electron chi connectivity index (χ0n) is 11.2. The molecule has 0 fully saturated rings. The number of rotatable bonds is 6. The number of ether oxygens (including phenoxy) is 1. The third-order valence-corrected chi connectivity index (χ3v) is 2.52. The summed E-state index contributed by atoms with van der Waals surface area (Å²) >= 11 is 0. The van der Waals surface area contributed by atoms with Crippen molar-refractivity contribution in [3.63, 3.8) is 0 Å². The summed E-state index contributed by atoms with van der Waals surface area (Å²) in [6.07, 6.45) is 1.03. The number of carbonyl (C=O) groups excluding carboxylic acids is 1. The van der Waals surface area contributed by atoms with Crippen molar-refractivity contribution in [2.24, 2.45) is 11.7 Å². The van der Waals surface area contributed by atoms with Crippen molar-refractivity contribution in [2.75, 3.05) is 6.61 Å². The van der Waals surface area contributed by atoms with E-state index in [1.165, 1.54) is 0 Å². The third-order valence-electron chi connectivity index (χ3n) is 2.52. The molecule has 1 atom stereocenters. The molecule has 0 aliphatic carbocycles. The summed E-state index contributed by atoms with van der Waals surface area (Å²) in [6, 6.07) is 6.70. The van der Waals surface area contributed by atoms with Crippen LogP contribution in [0.15, 0.2) is 24.3 Å². The lowest BCUT2D eigenvalue weighted by Crippen LogP contribution is -2.26. The molecular weight excluding hydrogens is 250 g/mol. The first-order valence-electron chi connectivity index (χ1n) is 6.03. The predicted molar refractivity (Wildman–Crippen MR) is 76.6 cm³/mol. The van der Waals surface area contributed by atoms with Crippen molar-refractivity contribution in [1.29, 1.82) is 0 Å². The second-order valence-corrected chi connectivity index (χ2v) is 4.71. The first-order chi connectivity index (χ1) is 8.00. The highest BCUT2D eigenvalue weighted by Gasteiger charge is 2.10. The number of ketones is 1. The normalized spacial score (nSPS) is 11.8. The lowest BCUT2D eigenvalue weighted by atomic mass is 10.1. The van der Waals surface area contributed by atoms with Crippen LogP contribution in [0.25, 0.3) is 0 Å². The molecule has 0 heterocycles. The van der Waals surface area contributed by atoms with Gasteiger partial charge < -0.3 is 10.5 Å². The van der Waals surface area contributed by atoms with E-state index in [0.29, 0.717) is 18.1 Å². The molecule has 1 aromatic rings. The molecule has 0 aliphatic rings. The number of Topliss-reactive ketones (excluding diaryl/α,β-unsaturated/α-hetero) is 1. The Morgan fingerprint density at radius 3 is 2.22 bits per heavy atom. The minimum absolute atomic E-state index is 0. The Bertz CT molecular complexity index is 361. The van der Waals surface area contributed by atoms with E-state index in [4.69, 9.17) is 10.5 Å². The van der Waals surface area contributed by atoms with E-state index in [9.17, 15) is 4.79 Å². The van der Waals surface area contributed by atoms with Crippen LogP contribution in [0.4, 0.5) is 0 Å². The molecular formula is C14H22ClNO2. The monoisotopic (exact) mass is 271 g/mol. The number of carbonyl (C=O) groups is 1. The summed E-state index contributed by atoms with van der Waals surface area (Å²) in [5.41, 5.74) is 6.17. The Morgan fingerprint density at radius 1 is 1.22 bits per heavy atom. The Labute approximate surface area is 115 Å². The van der Waals surface area contributed by atoms with E-state index in [0.717, 1.165) is 12.2 Å². The van der Waals surface area contributed by atoms with Gasteiger partial charge in [-0.3, -0.25) is 4.79 Å². The average molecular weight is 272 g/mol. The van der Waals surface area contributed by atoms with Crippen LogP contribution in [0.5, 0.6) is 5.75 Å². The van der Waals surface area contributed by atoms with Crippen LogP contribution in [0.2, 0.25) is 0 Å². The van der Waals surface area contributed by atoms with Gasteiger partial charge in [0.05, 0.1) is 12.6 Å². The van der Waals surface area contributed by atoms with Gasteiger partial charge in [0.2, 0.25) is 0 Å². The van der Waals surface area contributed by atoms with Gasteiger partial charge in [0.1, 0.15) is 5.75 Å². The summed E-state index contributed by atoms with van der Waals surface area (Å²) in [4.78, 5) is 11.6. The van der Waals surface area contributed by atoms with Gasteiger partial charge in [-0.2, -0.15) is 0 Å². The molecule has 0 spiro atoms.